The van der Waals surface area contributed by atoms with E-state index in [0.29, 0.717) is 6.54 Å². The third-order valence-corrected chi connectivity index (χ3v) is 4.71. The Balaban J connectivity index is 2.01. The molecule has 0 atom stereocenters. The number of aliphatic hydroxyl groups excluding tert-OH is 1. The first-order valence-corrected chi connectivity index (χ1v) is 8.78. The molecule has 0 amide bonds. The number of nitrogens with zero attached hydrogens (tertiary/aromatic N) is 2. The van der Waals surface area contributed by atoms with E-state index in [4.69, 9.17) is 5.11 Å². The van der Waals surface area contributed by atoms with Gasteiger partial charge in [-0.25, -0.2) is 0 Å². The molecule has 4 nitrogen and oxygen atoms in total. The molecular formula is C18H27N3OS. The number of rotatable bonds is 6. The molecule has 2 rings (SSSR count). The van der Waals surface area contributed by atoms with Crippen LogP contribution >= 0.6 is 11.8 Å². The van der Waals surface area contributed by atoms with Crippen LogP contribution in [0.4, 0.5) is 5.69 Å². The maximum Gasteiger partial charge on any atom is 0.0646 e. The summed E-state index contributed by atoms with van der Waals surface area (Å²) in [5.41, 5.74) is 4.44. The van der Waals surface area contributed by atoms with E-state index in [9.17, 15) is 0 Å². The van der Waals surface area contributed by atoms with E-state index in [0.717, 1.165) is 23.6 Å². The zero-order chi connectivity index (χ0) is 17.0. The largest absolute Gasteiger partial charge is 0.394 e. The molecule has 0 saturated heterocycles. The number of aryl methyl sites for hydroxylation is 1. The summed E-state index contributed by atoms with van der Waals surface area (Å²) in [5.74, 6) is 0. The molecule has 126 valence electrons. The van der Waals surface area contributed by atoms with Crippen LogP contribution in [0.5, 0.6) is 0 Å². The van der Waals surface area contributed by atoms with Gasteiger partial charge in [-0.1, -0.05) is 20.8 Å². The fourth-order valence-corrected chi connectivity index (χ4v) is 3.47. The molecule has 0 radical (unpaired) electrons. The summed E-state index contributed by atoms with van der Waals surface area (Å²) in [6, 6.07) is 8.56. The molecule has 5 heteroatoms. The lowest BCUT2D eigenvalue weighted by molar-refractivity contribution is 0.268. The molecule has 2 aromatic rings. The van der Waals surface area contributed by atoms with Gasteiger partial charge in [-0.05, 0) is 38.1 Å². The van der Waals surface area contributed by atoms with E-state index in [1.54, 1.807) is 0 Å². The van der Waals surface area contributed by atoms with Crippen molar-refractivity contribution in [1.82, 2.24) is 9.78 Å². The number of hydrogen-bond acceptors (Lipinski definition) is 4. The highest BCUT2D eigenvalue weighted by Crippen LogP contribution is 2.32. The van der Waals surface area contributed by atoms with Crippen molar-refractivity contribution < 1.29 is 5.11 Å². The Morgan fingerprint density at radius 3 is 2.39 bits per heavy atom. The standard InChI is InChI=1S/C18H27N3OS/c1-13-17(14(2)21(20-13)10-11-22)12-19-15-6-8-16(9-7-15)23-18(3,4)5/h6-9,19,22H,10-12H2,1-5H3. The van der Waals surface area contributed by atoms with Crippen LogP contribution in [0.1, 0.15) is 37.7 Å². The number of aromatic nitrogens is 2. The molecule has 0 fully saturated rings. The van der Waals surface area contributed by atoms with E-state index in [2.05, 4.69) is 62.4 Å². The van der Waals surface area contributed by atoms with Gasteiger partial charge < -0.3 is 10.4 Å². The predicted octanol–water partition coefficient (Wildman–Crippen LogP) is 3.99. The van der Waals surface area contributed by atoms with Crippen molar-refractivity contribution in [2.75, 3.05) is 11.9 Å². The lowest BCUT2D eigenvalue weighted by atomic mass is 10.2. The lowest BCUT2D eigenvalue weighted by Crippen LogP contribution is -2.07. The van der Waals surface area contributed by atoms with Gasteiger partial charge in [0.1, 0.15) is 0 Å². The van der Waals surface area contributed by atoms with Crippen LogP contribution in [0.3, 0.4) is 0 Å². The molecule has 0 aliphatic carbocycles. The van der Waals surface area contributed by atoms with Gasteiger partial charge in [-0.3, -0.25) is 4.68 Å². The predicted molar refractivity (Wildman–Crippen MR) is 98.2 cm³/mol. The maximum atomic E-state index is 9.08. The van der Waals surface area contributed by atoms with Crippen molar-refractivity contribution in [3.63, 3.8) is 0 Å². The molecule has 1 heterocycles. The van der Waals surface area contributed by atoms with Gasteiger partial charge in [0.05, 0.1) is 18.8 Å². The second-order valence-electron chi connectivity index (χ2n) is 6.69. The average molecular weight is 334 g/mol. The van der Waals surface area contributed by atoms with Gasteiger partial charge >= 0.3 is 0 Å². The summed E-state index contributed by atoms with van der Waals surface area (Å²) >= 11 is 1.87. The van der Waals surface area contributed by atoms with Crippen molar-refractivity contribution >= 4 is 17.4 Å². The molecule has 0 aliphatic rings. The van der Waals surface area contributed by atoms with Crippen molar-refractivity contribution in [3.8, 4) is 0 Å². The van der Waals surface area contributed by atoms with E-state index < -0.39 is 0 Å². The average Bonchev–Trinajstić information content (AvgIpc) is 2.72. The Kier molecular flexibility index (Phi) is 5.76. The van der Waals surface area contributed by atoms with E-state index in [1.165, 1.54) is 10.5 Å². The first kappa shape index (κ1) is 17.9. The summed E-state index contributed by atoms with van der Waals surface area (Å²) in [7, 11) is 0. The Morgan fingerprint density at radius 2 is 1.83 bits per heavy atom. The Labute approximate surface area is 143 Å². The molecule has 23 heavy (non-hydrogen) atoms. The molecule has 0 aliphatic heterocycles. The van der Waals surface area contributed by atoms with Gasteiger partial charge in [-0.2, -0.15) is 5.10 Å². The van der Waals surface area contributed by atoms with E-state index in [-0.39, 0.29) is 11.4 Å². The number of benzene rings is 1. The van der Waals surface area contributed by atoms with Crippen molar-refractivity contribution in [3.05, 3.63) is 41.2 Å². The summed E-state index contributed by atoms with van der Waals surface area (Å²) in [5, 5.41) is 17.0. The van der Waals surface area contributed by atoms with Crippen LogP contribution < -0.4 is 5.32 Å². The number of nitrogens with one attached hydrogen (secondary N) is 1. The quantitative estimate of drug-likeness (QED) is 0.785. The highest BCUT2D eigenvalue weighted by molar-refractivity contribution is 8.00. The smallest absolute Gasteiger partial charge is 0.0646 e. The zero-order valence-corrected chi connectivity index (χ0v) is 15.5. The normalized spacial score (nSPS) is 11.7. The van der Waals surface area contributed by atoms with Crippen molar-refractivity contribution in [2.24, 2.45) is 0 Å². The number of hydrogen-bond donors (Lipinski definition) is 2. The topological polar surface area (TPSA) is 50.1 Å². The van der Waals surface area contributed by atoms with Crippen molar-refractivity contribution in [1.29, 1.82) is 0 Å². The minimum absolute atomic E-state index is 0.113. The van der Waals surface area contributed by atoms with Crippen LogP contribution in [0.2, 0.25) is 0 Å². The third-order valence-electron chi connectivity index (χ3n) is 3.59. The van der Waals surface area contributed by atoms with Crippen LogP contribution in [0.25, 0.3) is 0 Å². The number of anilines is 1. The SMILES string of the molecule is Cc1nn(CCO)c(C)c1CNc1ccc(SC(C)(C)C)cc1. The second kappa shape index (κ2) is 7.41. The van der Waals surface area contributed by atoms with Gasteiger partial charge in [0.2, 0.25) is 0 Å². The highest BCUT2D eigenvalue weighted by atomic mass is 32.2. The molecule has 0 saturated carbocycles. The molecule has 0 unspecified atom stereocenters. The Hall–Kier alpha value is -1.46. The van der Waals surface area contributed by atoms with Crippen LogP contribution in [-0.4, -0.2) is 26.2 Å². The number of thioether (sulfide) groups is 1. The van der Waals surface area contributed by atoms with Gasteiger partial charge in [-0.15, -0.1) is 11.8 Å². The van der Waals surface area contributed by atoms with Gasteiger partial charge in [0.15, 0.2) is 0 Å². The summed E-state index contributed by atoms with van der Waals surface area (Å²) in [6.07, 6.45) is 0. The number of aliphatic hydroxyl groups is 1. The van der Waals surface area contributed by atoms with Gasteiger partial charge in [0.25, 0.3) is 0 Å². The van der Waals surface area contributed by atoms with Crippen LogP contribution in [-0.2, 0) is 13.1 Å². The monoisotopic (exact) mass is 333 g/mol. The first-order valence-electron chi connectivity index (χ1n) is 7.97. The van der Waals surface area contributed by atoms with Crippen molar-refractivity contribution in [2.45, 2.75) is 57.4 Å². The molecule has 0 spiro atoms. The van der Waals surface area contributed by atoms with E-state index in [1.807, 2.05) is 23.4 Å². The maximum absolute atomic E-state index is 9.08. The second-order valence-corrected chi connectivity index (χ2v) is 8.59. The summed E-state index contributed by atoms with van der Waals surface area (Å²) in [6.45, 7) is 12.1. The fraction of sp³-hybridized carbons (Fsp3) is 0.500. The zero-order valence-electron chi connectivity index (χ0n) is 14.7. The minimum Gasteiger partial charge on any atom is -0.394 e. The molecular weight excluding hydrogens is 306 g/mol. The van der Waals surface area contributed by atoms with Crippen LogP contribution in [0, 0.1) is 13.8 Å². The van der Waals surface area contributed by atoms with Crippen LogP contribution in [0.15, 0.2) is 29.2 Å². The van der Waals surface area contributed by atoms with Gasteiger partial charge in [0, 0.05) is 33.1 Å². The first-order chi connectivity index (χ1) is 10.8. The van der Waals surface area contributed by atoms with E-state index >= 15 is 0 Å². The fourth-order valence-electron chi connectivity index (χ4n) is 2.49. The molecule has 1 aromatic carbocycles. The third kappa shape index (κ3) is 5.01. The molecule has 1 aromatic heterocycles. The lowest BCUT2D eigenvalue weighted by Gasteiger charge is -2.17. The minimum atomic E-state index is 0.113. The summed E-state index contributed by atoms with van der Waals surface area (Å²) < 4.78 is 2.10. The summed E-state index contributed by atoms with van der Waals surface area (Å²) in [4.78, 5) is 1.28. The Bertz CT molecular complexity index is 642. The molecule has 2 N–H and O–H groups in total. The molecule has 0 bridgehead atoms. The highest BCUT2D eigenvalue weighted by Gasteiger charge is 2.12. The Morgan fingerprint density at radius 1 is 1.17 bits per heavy atom.